The molecule has 0 bridgehead atoms. The molecule has 0 aromatic rings. The quantitative estimate of drug-likeness (QED) is 0.559. The second kappa shape index (κ2) is 5.84. The van der Waals surface area contributed by atoms with Crippen molar-refractivity contribution in [3.63, 3.8) is 0 Å². The minimum Gasteiger partial charge on any atom is -0.458 e. The van der Waals surface area contributed by atoms with Gasteiger partial charge in [0.15, 0.2) is 0 Å². The van der Waals surface area contributed by atoms with Crippen LogP contribution in [0.4, 0.5) is 0 Å². The van der Waals surface area contributed by atoms with Crippen LogP contribution in [0.3, 0.4) is 0 Å². The van der Waals surface area contributed by atoms with Gasteiger partial charge in [-0.05, 0) is 67.3 Å². The number of hydrogen-bond acceptors (Lipinski definition) is 4. The maximum absolute atomic E-state index is 11.6. The third-order valence-electron chi connectivity index (χ3n) is 8.47. The van der Waals surface area contributed by atoms with Gasteiger partial charge in [-0.3, -0.25) is 10.7 Å². The normalized spacial score (nSPS) is 42.8. The predicted molar refractivity (Wildman–Crippen MR) is 103 cm³/mol. The summed E-state index contributed by atoms with van der Waals surface area (Å²) in [6.07, 6.45) is 15.5. The second-order valence-corrected chi connectivity index (χ2v) is 9.56. The highest BCUT2D eigenvalue weighted by Crippen LogP contribution is 2.65. The molecule has 1 aliphatic heterocycles. The predicted octanol–water partition coefficient (Wildman–Crippen LogP) is 4.44. The van der Waals surface area contributed by atoms with Crippen molar-refractivity contribution in [2.24, 2.45) is 28.6 Å². The highest BCUT2D eigenvalue weighted by Gasteiger charge is 2.55. The van der Waals surface area contributed by atoms with E-state index in [1.807, 2.05) is 0 Å². The molecule has 2 N–H and O–H groups in total. The van der Waals surface area contributed by atoms with Gasteiger partial charge < -0.3 is 4.74 Å². The van der Waals surface area contributed by atoms with Gasteiger partial charge in [0.1, 0.15) is 6.61 Å². The summed E-state index contributed by atoms with van der Waals surface area (Å²) in [4.78, 5) is 11.6. The lowest BCUT2D eigenvalue weighted by molar-refractivity contribution is -0.134. The lowest BCUT2D eigenvalue weighted by Gasteiger charge is -2.58. The highest BCUT2D eigenvalue weighted by atomic mass is 16.5. The molecular weight excluding hydrogens is 338 g/mol. The van der Waals surface area contributed by atoms with Crippen molar-refractivity contribution >= 4 is 5.97 Å². The SMILES string of the molecule is C[C@]12CC[C@@H]3[C@@H](CC[C@@H]4C=C(NO)CC[C@@]34C)C1=CC=C2C1=CC(=O)OC1. The molecule has 0 amide bonds. The second-order valence-electron chi connectivity index (χ2n) is 9.56. The van der Waals surface area contributed by atoms with E-state index in [0.717, 1.165) is 30.5 Å². The summed E-state index contributed by atoms with van der Waals surface area (Å²) in [5.74, 6) is 1.70. The number of hydroxylamine groups is 1. The van der Waals surface area contributed by atoms with Crippen LogP contribution in [0.1, 0.15) is 52.4 Å². The standard InChI is InChI=1S/C23H29NO3/c1-22-9-7-16(24-26)12-15(22)3-4-17-19-6-5-18(14-11-21(25)27-13-14)23(19,2)10-8-20(17)22/h5-6,11-12,15,17,20,24,26H,3-4,7-10,13H2,1-2H3/t15-,17+,20-,22-,23-/m1/s1. The molecule has 4 nitrogen and oxygen atoms in total. The van der Waals surface area contributed by atoms with Crippen LogP contribution in [0, 0.1) is 28.6 Å². The molecule has 2 saturated carbocycles. The first-order valence-corrected chi connectivity index (χ1v) is 10.4. The molecule has 144 valence electrons. The van der Waals surface area contributed by atoms with E-state index in [0.29, 0.717) is 29.8 Å². The van der Waals surface area contributed by atoms with Crippen LogP contribution in [-0.4, -0.2) is 17.8 Å². The zero-order valence-electron chi connectivity index (χ0n) is 16.3. The van der Waals surface area contributed by atoms with Gasteiger partial charge in [-0.1, -0.05) is 37.6 Å². The van der Waals surface area contributed by atoms with Gasteiger partial charge in [0.05, 0.1) is 0 Å². The fraction of sp³-hybridized carbons (Fsp3) is 0.609. The van der Waals surface area contributed by atoms with Crippen LogP contribution in [0.2, 0.25) is 0 Å². The molecule has 0 aromatic carbocycles. The van der Waals surface area contributed by atoms with E-state index in [-0.39, 0.29) is 11.4 Å². The van der Waals surface area contributed by atoms with Crippen molar-refractivity contribution in [3.05, 3.63) is 46.7 Å². The molecule has 0 spiro atoms. The van der Waals surface area contributed by atoms with Crippen LogP contribution < -0.4 is 5.48 Å². The molecule has 27 heavy (non-hydrogen) atoms. The van der Waals surface area contributed by atoms with Gasteiger partial charge >= 0.3 is 5.97 Å². The fourth-order valence-corrected chi connectivity index (χ4v) is 6.94. The molecule has 4 aliphatic carbocycles. The molecule has 0 unspecified atom stereocenters. The molecule has 5 rings (SSSR count). The number of esters is 1. The molecule has 5 aliphatic rings. The Balaban J connectivity index is 1.44. The third kappa shape index (κ3) is 2.35. The van der Waals surface area contributed by atoms with Crippen molar-refractivity contribution in [2.45, 2.75) is 52.4 Å². The van der Waals surface area contributed by atoms with Crippen LogP contribution in [0.15, 0.2) is 46.7 Å². The summed E-state index contributed by atoms with van der Waals surface area (Å²) in [5, 5.41) is 9.33. The first kappa shape index (κ1) is 17.3. The van der Waals surface area contributed by atoms with Gasteiger partial charge in [0, 0.05) is 22.8 Å². The van der Waals surface area contributed by atoms with Gasteiger partial charge in [-0.25, -0.2) is 4.79 Å². The topological polar surface area (TPSA) is 58.6 Å². The van der Waals surface area contributed by atoms with Crippen molar-refractivity contribution in [2.75, 3.05) is 6.61 Å². The Morgan fingerprint density at radius 3 is 2.78 bits per heavy atom. The molecular formula is C23H29NO3. The van der Waals surface area contributed by atoms with Gasteiger partial charge in [0.25, 0.3) is 0 Å². The number of rotatable bonds is 2. The average molecular weight is 367 g/mol. The summed E-state index contributed by atoms with van der Waals surface area (Å²) in [5.41, 5.74) is 7.76. The fourth-order valence-electron chi connectivity index (χ4n) is 6.94. The summed E-state index contributed by atoms with van der Waals surface area (Å²) in [6, 6.07) is 0. The molecule has 0 aromatic heterocycles. The van der Waals surface area contributed by atoms with Crippen LogP contribution in [0.25, 0.3) is 0 Å². The Labute approximate surface area is 161 Å². The van der Waals surface area contributed by atoms with E-state index in [9.17, 15) is 10.0 Å². The van der Waals surface area contributed by atoms with E-state index >= 15 is 0 Å². The molecule has 4 heteroatoms. The largest absolute Gasteiger partial charge is 0.458 e. The van der Waals surface area contributed by atoms with Gasteiger partial charge in [-0.2, -0.15) is 0 Å². The first-order valence-electron chi connectivity index (χ1n) is 10.4. The Bertz CT molecular complexity index is 819. The van der Waals surface area contributed by atoms with Crippen molar-refractivity contribution in [3.8, 4) is 0 Å². The minimum atomic E-state index is -0.202. The zero-order valence-corrected chi connectivity index (χ0v) is 16.3. The number of carbonyl (C=O) groups is 1. The monoisotopic (exact) mass is 367 g/mol. The Kier molecular flexibility index (Phi) is 3.74. The number of nitrogens with one attached hydrogen (secondary N) is 1. The zero-order chi connectivity index (χ0) is 18.8. The minimum absolute atomic E-state index is 0.0620. The summed E-state index contributed by atoms with van der Waals surface area (Å²) in [6.45, 7) is 5.29. The summed E-state index contributed by atoms with van der Waals surface area (Å²) >= 11 is 0. The van der Waals surface area contributed by atoms with Crippen molar-refractivity contribution in [1.29, 1.82) is 0 Å². The first-order chi connectivity index (χ1) is 13.0. The van der Waals surface area contributed by atoms with E-state index < -0.39 is 0 Å². The van der Waals surface area contributed by atoms with E-state index in [4.69, 9.17) is 4.74 Å². The van der Waals surface area contributed by atoms with Crippen molar-refractivity contribution < 1.29 is 14.7 Å². The molecule has 5 atom stereocenters. The van der Waals surface area contributed by atoms with Crippen LogP contribution in [0.5, 0.6) is 0 Å². The number of carbonyl (C=O) groups excluding carboxylic acids is 1. The van der Waals surface area contributed by atoms with Gasteiger partial charge in [-0.15, -0.1) is 0 Å². The van der Waals surface area contributed by atoms with Gasteiger partial charge in [0.2, 0.25) is 0 Å². The Morgan fingerprint density at radius 1 is 1.19 bits per heavy atom. The number of hydrogen-bond donors (Lipinski definition) is 2. The smallest absolute Gasteiger partial charge is 0.331 e. The van der Waals surface area contributed by atoms with Crippen LogP contribution in [-0.2, 0) is 9.53 Å². The third-order valence-corrected chi connectivity index (χ3v) is 8.47. The molecule has 1 heterocycles. The maximum atomic E-state index is 11.6. The number of ether oxygens (including phenoxy) is 1. The number of fused-ring (bicyclic) bond motifs is 5. The summed E-state index contributed by atoms with van der Waals surface area (Å²) in [7, 11) is 0. The van der Waals surface area contributed by atoms with E-state index in [1.54, 1.807) is 11.6 Å². The number of allylic oxidation sites excluding steroid dienone is 5. The van der Waals surface area contributed by atoms with E-state index in [1.165, 1.54) is 24.8 Å². The summed E-state index contributed by atoms with van der Waals surface area (Å²) < 4.78 is 5.19. The lowest BCUT2D eigenvalue weighted by atomic mass is 9.47. The lowest BCUT2D eigenvalue weighted by Crippen LogP contribution is -2.49. The highest BCUT2D eigenvalue weighted by molar-refractivity contribution is 5.87. The number of cyclic esters (lactones) is 1. The molecule has 0 saturated heterocycles. The molecule has 2 fully saturated rings. The Morgan fingerprint density at radius 2 is 2.04 bits per heavy atom. The maximum Gasteiger partial charge on any atom is 0.331 e. The van der Waals surface area contributed by atoms with Crippen molar-refractivity contribution in [1.82, 2.24) is 5.48 Å². The molecule has 0 radical (unpaired) electrons. The van der Waals surface area contributed by atoms with Crippen LogP contribution >= 0.6 is 0 Å². The van der Waals surface area contributed by atoms with E-state index in [2.05, 4.69) is 37.6 Å². The Hall–Kier alpha value is -1.81. The average Bonchev–Trinajstić information content (AvgIpc) is 3.23.